The number of benzene rings is 1. The van der Waals surface area contributed by atoms with Gasteiger partial charge in [-0.05, 0) is 37.3 Å². The van der Waals surface area contributed by atoms with E-state index >= 15 is 0 Å². The first-order chi connectivity index (χ1) is 13.1. The second kappa shape index (κ2) is 7.66. The van der Waals surface area contributed by atoms with Crippen molar-refractivity contribution < 1.29 is 14.3 Å². The van der Waals surface area contributed by atoms with Crippen molar-refractivity contribution in [3.63, 3.8) is 0 Å². The molecule has 27 heavy (non-hydrogen) atoms. The molecule has 0 aliphatic carbocycles. The number of nitrogens with zero attached hydrogens (tertiary/aromatic N) is 4. The molecule has 0 fully saturated rings. The molecule has 0 aliphatic rings. The summed E-state index contributed by atoms with van der Waals surface area (Å²) >= 11 is 0. The van der Waals surface area contributed by atoms with E-state index in [2.05, 4.69) is 5.10 Å². The molecule has 0 atom stereocenters. The molecule has 2 heterocycles. The lowest BCUT2D eigenvalue weighted by atomic mass is 10.2. The van der Waals surface area contributed by atoms with Crippen LogP contribution in [-0.4, -0.2) is 27.4 Å². The summed E-state index contributed by atoms with van der Waals surface area (Å²) in [6, 6.07) is 11.0. The number of aryl methyl sites for hydroxylation is 1. The Morgan fingerprint density at radius 3 is 2.67 bits per heavy atom. The highest BCUT2D eigenvalue weighted by Gasteiger charge is 2.21. The van der Waals surface area contributed by atoms with Crippen LogP contribution in [0, 0.1) is 11.3 Å². The number of methoxy groups -OCH3 is 1. The first-order valence-electron chi connectivity index (χ1n) is 8.32. The molecule has 0 bridgehead atoms. The first kappa shape index (κ1) is 18.1. The number of carbonyl (C=O) groups excluding carboxylic acids is 1. The van der Waals surface area contributed by atoms with E-state index < -0.39 is 5.97 Å². The van der Waals surface area contributed by atoms with E-state index in [1.165, 1.54) is 17.9 Å². The fourth-order valence-electron chi connectivity index (χ4n) is 2.75. The van der Waals surface area contributed by atoms with Crippen LogP contribution in [-0.2, 0) is 17.9 Å². The zero-order valence-electron chi connectivity index (χ0n) is 15.0. The second-order valence-electron chi connectivity index (χ2n) is 5.70. The van der Waals surface area contributed by atoms with Crippen LogP contribution < -0.4 is 10.5 Å². The molecule has 0 aliphatic heterocycles. The summed E-state index contributed by atoms with van der Waals surface area (Å²) < 4.78 is 14.0. The number of nitrogen functional groups attached to an aromatic ring is 1. The quantitative estimate of drug-likeness (QED) is 0.673. The van der Waals surface area contributed by atoms with Crippen LogP contribution in [0.15, 0.2) is 42.7 Å². The number of esters is 1. The summed E-state index contributed by atoms with van der Waals surface area (Å²) in [6.07, 6.45) is 3.25. The number of carbonyl (C=O) groups is 1. The van der Waals surface area contributed by atoms with Gasteiger partial charge in [0.05, 0.1) is 24.1 Å². The lowest BCUT2D eigenvalue weighted by Gasteiger charge is -2.11. The summed E-state index contributed by atoms with van der Waals surface area (Å²) in [5, 5.41) is 13.4. The highest BCUT2D eigenvalue weighted by atomic mass is 16.5. The van der Waals surface area contributed by atoms with Crippen molar-refractivity contribution >= 4 is 11.7 Å². The van der Waals surface area contributed by atoms with Gasteiger partial charge in [-0.1, -0.05) is 0 Å². The van der Waals surface area contributed by atoms with Gasteiger partial charge in [0.2, 0.25) is 0 Å². The standard InChI is InChI=1S/C19H19N5O3/c1-3-24-15(8-9-22-24)12-27-16-6-4-14(5-7-16)23-11-13(10-20)17(21)18(23)19(25)26-2/h4-9,11H,3,12,21H2,1-2H3. The molecule has 138 valence electrons. The Morgan fingerprint density at radius 1 is 1.30 bits per heavy atom. The zero-order chi connectivity index (χ0) is 19.4. The van der Waals surface area contributed by atoms with Crippen molar-refractivity contribution in [2.24, 2.45) is 0 Å². The maximum absolute atomic E-state index is 12.1. The van der Waals surface area contributed by atoms with E-state index in [9.17, 15) is 10.1 Å². The van der Waals surface area contributed by atoms with Crippen molar-refractivity contribution in [3.8, 4) is 17.5 Å². The van der Waals surface area contributed by atoms with Crippen molar-refractivity contribution in [2.75, 3.05) is 12.8 Å². The number of aromatic nitrogens is 3. The van der Waals surface area contributed by atoms with Crippen LogP contribution in [0.4, 0.5) is 5.69 Å². The average Bonchev–Trinajstić information content (AvgIpc) is 3.29. The van der Waals surface area contributed by atoms with Gasteiger partial charge in [0.1, 0.15) is 18.4 Å². The highest BCUT2D eigenvalue weighted by Crippen LogP contribution is 2.26. The Labute approximate surface area is 156 Å². The predicted molar refractivity (Wildman–Crippen MR) is 98.5 cm³/mol. The van der Waals surface area contributed by atoms with Crippen molar-refractivity contribution in [1.29, 1.82) is 5.26 Å². The second-order valence-corrected chi connectivity index (χ2v) is 5.70. The third-order valence-corrected chi connectivity index (χ3v) is 4.15. The maximum atomic E-state index is 12.1. The molecule has 0 saturated carbocycles. The van der Waals surface area contributed by atoms with Gasteiger partial charge in [0, 0.05) is 24.6 Å². The summed E-state index contributed by atoms with van der Waals surface area (Å²) in [5.41, 5.74) is 7.98. The van der Waals surface area contributed by atoms with Crippen LogP contribution in [0.2, 0.25) is 0 Å². The van der Waals surface area contributed by atoms with Crippen LogP contribution >= 0.6 is 0 Å². The molecule has 1 aromatic carbocycles. The topological polar surface area (TPSA) is 108 Å². The molecular formula is C19H19N5O3. The van der Waals surface area contributed by atoms with Crippen LogP contribution in [0.5, 0.6) is 5.75 Å². The van der Waals surface area contributed by atoms with Gasteiger partial charge < -0.3 is 19.8 Å². The fraction of sp³-hybridized carbons (Fsp3) is 0.211. The number of ether oxygens (including phenoxy) is 2. The van der Waals surface area contributed by atoms with Crippen molar-refractivity contribution in [2.45, 2.75) is 20.1 Å². The lowest BCUT2D eigenvalue weighted by Crippen LogP contribution is -2.11. The van der Waals surface area contributed by atoms with Gasteiger partial charge in [0.25, 0.3) is 0 Å². The van der Waals surface area contributed by atoms with Crippen molar-refractivity contribution in [1.82, 2.24) is 14.3 Å². The van der Waals surface area contributed by atoms with E-state index in [1.54, 1.807) is 30.5 Å². The molecule has 3 rings (SSSR count). The molecule has 3 aromatic rings. The third-order valence-electron chi connectivity index (χ3n) is 4.15. The fourth-order valence-corrected chi connectivity index (χ4v) is 2.75. The van der Waals surface area contributed by atoms with Crippen LogP contribution in [0.1, 0.15) is 28.7 Å². The summed E-state index contributed by atoms with van der Waals surface area (Å²) in [4.78, 5) is 12.1. The lowest BCUT2D eigenvalue weighted by molar-refractivity contribution is 0.0593. The Bertz CT molecular complexity index is 996. The van der Waals surface area contributed by atoms with E-state index in [-0.39, 0.29) is 16.9 Å². The molecule has 2 N–H and O–H groups in total. The SMILES string of the molecule is CCn1nccc1COc1ccc(-n2cc(C#N)c(N)c2C(=O)OC)cc1. The Morgan fingerprint density at radius 2 is 2.04 bits per heavy atom. The molecular weight excluding hydrogens is 346 g/mol. The van der Waals surface area contributed by atoms with Crippen molar-refractivity contribution in [3.05, 3.63) is 59.7 Å². The largest absolute Gasteiger partial charge is 0.487 e. The highest BCUT2D eigenvalue weighted by molar-refractivity contribution is 5.95. The Balaban J connectivity index is 1.83. The average molecular weight is 365 g/mol. The number of rotatable bonds is 6. The molecule has 2 aromatic heterocycles. The number of hydrogen-bond donors (Lipinski definition) is 1. The smallest absolute Gasteiger partial charge is 0.357 e. The number of nitriles is 1. The maximum Gasteiger partial charge on any atom is 0.357 e. The minimum Gasteiger partial charge on any atom is -0.487 e. The molecule has 0 saturated heterocycles. The normalized spacial score (nSPS) is 10.4. The predicted octanol–water partition coefficient (Wildman–Crippen LogP) is 2.51. The third kappa shape index (κ3) is 3.48. The van der Waals surface area contributed by atoms with Crippen LogP contribution in [0.25, 0.3) is 5.69 Å². The molecule has 8 heteroatoms. The minimum absolute atomic E-state index is 0.0949. The van der Waals surface area contributed by atoms with Gasteiger partial charge in [-0.25, -0.2) is 4.79 Å². The van der Waals surface area contributed by atoms with E-state index in [4.69, 9.17) is 15.2 Å². The molecule has 0 amide bonds. The van der Waals surface area contributed by atoms with E-state index in [0.29, 0.717) is 18.0 Å². The molecule has 0 radical (unpaired) electrons. The Kier molecular flexibility index (Phi) is 5.13. The minimum atomic E-state index is -0.609. The first-order valence-corrected chi connectivity index (χ1v) is 8.32. The van der Waals surface area contributed by atoms with Gasteiger partial charge in [-0.15, -0.1) is 0 Å². The van der Waals surface area contributed by atoms with E-state index in [0.717, 1.165) is 12.2 Å². The van der Waals surface area contributed by atoms with Gasteiger partial charge in [-0.3, -0.25) is 4.68 Å². The number of hydrogen-bond acceptors (Lipinski definition) is 6. The van der Waals surface area contributed by atoms with Crippen LogP contribution in [0.3, 0.4) is 0 Å². The Hall–Kier alpha value is -3.73. The van der Waals surface area contributed by atoms with E-state index in [1.807, 2.05) is 23.7 Å². The number of nitrogens with two attached hydrogens (primary N) is 1. The zero-order valence-corrected chi connectivity index (χ0v) is 15.0. The number of anilines is 1. The van der Waals surface area contributed by atoms with Gasteiger partial charge in [0.15, 0.2) is 5.69 Å². The molecule has 0 spiro atoms. The summed E-state index contributed by atoms with van der Waals surface area (Å²) in [6.45, 7) is 3.19. The molecule has 8 nitrogen and oxygen atoms in total. The molecule has 0 unspecified atom stereocenters. The van der Waals surface area contributed by atoms with Gasteiger partial charge in [-0.2, -0.15) is 10.4 Å². The van der Waals surface area contributed by atoms with Gasteiger partial charge >= 0.3 is 5.97 Å². The summed E-state index contributed by atoms with van der Waals surface area (Å²) in [7, 11) is 1.27. The summed E-state index contributed by atoms with van der Waals surface area (Å²) in [5.74, 6) is 0.0602. The monoisotopic (exact) mass is 365 g/mol.